The van der Waals surface area contributed by atoms with Crippen LogP contribution in [0.1, 0.15) is 32.3 Å². The Balaban J connectivity index is 2.04. The van der Waals surface area contributed by atoms with Gasteiger partial charge in [-0.05, 0) is 39.3 Å². The molecule has 0 aliphatic carbocycles. The maximum Gasteiger partial charge on any atom is 0.139 e. The van der Waals surface area contributed by atoms with Gasteiger partial charge in [-0.2, -0.15) is 0 Å². The summed E-state index contributed by atoms with van der Waals surface area (Å²) >= 11 is 0. The lowest BCUT2D eigenvalue weighted by atomic mass is 10.2. The first-order valence-corrected chi connectivity index (χ1v) is 6.10. The van der Waals surface area contributed by atoms with Gasteiger partial charge in [-0.1, -0.05) is 11.8 Å². The van der Waals surface area contributed by atoms with Crippen LogP contribution in [0.3, 0.4) is 0 Å². The largest absolute Gasteiger partial charge is 0.489 e. The molecule has 0 spiro atoms. The van der Waals surface area contributed by atoms with Crippen LogP contribution in [-0.2, 0) is 0 Å². The fraction of sp³-hybridized carbons (Fsp3) is 0.500. The molecule has 2 heterocycles. The van der Waals surface area contributed by atoms with Gasteiger partial charge in [0.2, 0.25) is 0 Å². The molecule has 0 amide bonds. The lowest BCUT2D eigenvalue weighted by Crippen LogP contribution is -2.18. The molecule has 1 aromatic rings. The molecule has 0 radical (unpaired) electrons. The minimum Gasteiger partial charge on any atom is -0.489 e. The molecule has 3 nitrogen and oxygen atoms in total. The molecule has 1 saturated heterocycles. The van der Waals surface area contributed by atoms with E-state index in [0.29, 0.717) is 6.04 Å². The summed E-state index contributed by atoms with van der Waals surface area (Å²) in [6, 6.07) is 2.28. The van der Waals surface area contributed by atoms with Gasteiger partial charge in [0.05, 0.1) is 18.3 Å². The number of hydrogen-bond acceptors (Lipinski definition) is 3. The van der Waals surface area contributed by atoms with Gasteiger partial charge in [-0.25, -0.2) is 0 Å². The fourth-order valence-corrected chi connectivity index (χ4v) is 1.80. The number of hydrogen-bond donors (Lipinski definition) is 1. The van der Waals surface area contributed by atoms with Gasteiger partial charge >= 0.3 is 0 Å². The molecule has 0 saturated carbocycles. The second kappa shape index (κ2) is 5.70. The van der Waals surface area contributed by atoms with E-state index in [2.05, 4.69) is 22.1 Å². The van der Waals surface area contributed by atoms with Crippen molar-refractivity contribution in [2.75, 3.05) is 6.54 Å². The number of nitrogens with zero attached hydrogens (tertiary/aromatic N) is 1. The molecule has 1 atom stereocenters. The summed E-state index contributed by atoms with van der Waals surface area (Å²) in [5, 5.41) is 3.35. The van der Waals surface area contributed by atoms with Crippen molar-refractivity contribution in [2.45, 2.75) is 38.8 Å². The summed E-state index contributed by atoms with van der Waals surface area (Å²) in [5.74, 6) is 7.15. The smallest absolute Gasteiger partial charge is 0.139 e. The van der Waals surface area contributed by atoms with E-state index in [0.717, 1.165) is 24.3 Å². The summed E-state index contributed by atoms with van der Waals surface area (Å²) in [7, 11) is 0. The minimum atomic E-state index is 0.163. The fourth-order valence-electron chi connectivity index (χ4n) is 1.80. The van der Waals surface area contributed by atoms with Gasteiger partial charge in [-0.15, -0.1) is 0 Å². The average molecular weight is 230 g/mol. The first kappa shape index (κ1) is 11.9. The molecular weight excluding hydrogens is 212 g/mol. The van der Waals surface area contributed by atoms with E-state index in [9.17, 15) is 0 Å². The molecular formula is C14H18N2O. The van der Waals surface area contributed by atoms with Gasteiger partial charge in [-0.3, -0.25) is 4.98 Å². The lowest BCUT2D eigenvalue weighted by Gasteiger charge is -2.08. The molecule has 90 valence electrons. The molecule has 2 rings (SSSR count). The topological polar surface area (TPSA) is 34.1 Å². The Morgan fingerprint density at radius 2 is 2.35 bits per heavy atom. The molecule has 1 aliphatic heterocycles. The number of ether oxygens (including phenoxy) is 1. The van der Waals surface area contributed by atoms with Crippen molar-refractivity contribution in [3.63, 3.8) is 0 Å². The van der Waals surface area contributed by atoms with Crippen LogP contribution >= 0.6 is 0 Å². The van der Waals surface area contributed by atoms with Crippen LogP contribution < -0.4 is 10.1 Å². The Hall–Kier alpha value is -1.53. The van der Waals surface area contributed by atoms with Gasteiger partial charge < -0.3 is 10.1 Å². The van der Waals surface area contributed by atoms with Crippen LogP contribution in [0.15, 0.2) is 18.5 Å². The van der Waals surface area contributed by atoms with E-state index in [4.69, 9.17) is 4.74 Å². The van der Waals surface area contributed by atoms with Crippen molar-refractivity contribution in [3.05, 3.63) is 24.0 Å². The third-order valence-electron chi connectivity index (χ3n) is 2.54. The third kappa shape index (κ3) is 3.76. The Bertz CT molecular complexity index is 425. The van der Waals surface area contributed by atoms with Crippen LogP contribution in [0.5, 0.6) is 5.75 Å². The number of pyridine rings is 1. The monoisotopic (exact) mass is 230 g/mol. The predicted molar refractivity (Wildman–Crippen MR) is 67.9 cm³/mol. The minimum absolute atomic E-state index is 0.163. The highest BCUT2D eigenvalue weighted by atomic mass is 16.5. The summed E-state index contributed by atoms with van der Waals surface area (Å²) in [6.45, 7) is 5.08. The maximum absolute atomic E-state index is 5.58. The Morgan fingerprint density at radius 3 is 3.06 bits per heavy atom. The first-order valence-electron chi connectivity index (χ1n) is 6.10. The van der Waals surface area contributed by atoms with Crippen LogP contribution in [0.4, 0.5) is 0 Å². The second-order valence-corrected chi connectivity index (χ2v) is 4.49. The predicted octanol–water partition coefficient (Wildman–Crippen LogP) is 1.97. The molecule has 0 bridgehead atoms. The molecule has 0 unspecified atom stereocenters. The Kier molecular flexibility index (Phi) is 4.00. The zero-order chi connectivity index (χ0) is 12.1. The summed E-state index contributed by atoms with van der Waals surface area (Å²) in [6.07, 6.45) is 6.02. The van der Waals surface area contributed by atoms with E-state index in [1.54, 1.807) is 12.4 Å². The van der Waals surface area contributed by atoms with E-state index in [-0.39, 0.29) is 6.10 Å². The van der Waals surface area contributed by atoms with Crippen molar-refractivity contribution in [1.82, 2.24) is 10.3 Å². The third-order valence-corrected chi connectivity index (χ3v) is 2.54. The lowest BCUT2D eigenvalue weighted by molar-refractivity contribution is 0.241. The highest BCUT2D eigenvalue weighted by Gasteiger charge is 2.09. The van der Waals surface area contributed by atoms with E-state index in [1.165, 1.54) is 6.42 Å². The zero-order valence-electron chi connectivity index (χ0n) is 10.4. The molecule has 1 N–H and O–H groups in total. The van der Waals surface area contributed by atoms with Crippen molar-refractivity contribution >= 4 is 0 Å². The summed E-state index contributed by atoms with van der Waals surface area (Å²) in [5.41, 5.74) is 0.914. The van der Waals surface area contributed by atoms with Crippen molar-refractivity contribution < 1.29 is 4.74 Å². The molecule has 1 fully saturated rings. The van der Waals surface area contributed by atoms with Gasteiger partial charge in [0.1, 0.15) is 5.75 Å². The average Bonchev–Trinajstić information content (AvgIpc) is 2.79. The standard InChI is InChI=1S/C14H18N2O/c1-11(2)17-14-8-12(9-15-10-14)5-6-13-4-3-7-16-13/h8-11,13,16H,3-4,7H2,1-2H3/t13-/m1/s1. The van der Waals surface area contributed by atoms with Crippen molar-refractivity contribution in [1.29, 1.82) is 0 Å². The molecule has 3 heteroatoms. The van der Waals surface area contributed by atoms with Crippen LogP contribution in [0, 0.1) is 11.8 Å². The second-order valence-electron chi connectivity index (χ2n) is 4.49. The van der Waals surface area contributed by atoms with Crippen LogP contribution in [0.2, 0.25) is 0 Å². The number of aromatic nitrogens is 1. The highest BCUT2D eigenvalue weighted by molar-refractivity contribution is 5.37. The Morgan fingerprint density at radius 1 is 1.47 bits per heavy atom. The maximum atomic E-state index is 5.58. The molecule has 0 aromatic carbocycles. The van der Waals surface area contributed by atoms with Gasteiger partial charge in [0, 0.05) is 11.8 Å². The highest BCUT2D eigenvalue weighted by Crippen LogP contribution is 2.12. The summed E-state index contributed by atoms with van der Waals surface area (Å²) < 4.78 is 5.58. The number of nitrogens with one attached hydrogen (secondary N) is 1. The van der Waals surface area contributed by atoms with Gasteiger partial charge in [0.25, 0.3) is 0 Å². The van der Waals surface area contributed by atoms with Crippen LogP contribution in [-0.4, -0.2) is 23.7 Å². The van der Waals surface area contributed by atoms with Crippen LogP contribution in [0.25, 0.3) is 0 Å². The van der Waals surface area contributed by atoms with E-state index < -0.39 is 0 Å². The quantitative estimate of drug-likeness (QED) is 0.789. The Labute approximate surface area is 103 Å². The van der Waals surface area contributed by atoms with E-state index >= 15 is 0 Å². The number of rotatable bonds is 2. The molecule has 1 aliphatic rings. The molecule has 1 aromatic heterocycles. The molecule has 17 heavy (non-hydrogen) atoms. The van der Waals surface area contributed by atoms with Gasteiger partial charge in [0.15, 0.2) is 0 Å². The van der Waals surface area contributed by atoms with E-state index in [1.807, 2.05) is 19.9 Å². The zero-order valence-corrected chi connectivity index (χ0v) is 10.4. The SMILES string of the molecule is CC(C)Oc1cncc(C#C[C@H]2CCCN2)c1. The first-order chi connectivity index (χ1) is 8.24. The van der Waals surface area contributed by atoms with Crippen molar-refractivity contribution in [2.24, 2.45) is 0 Å². The van der Waals surface area contributed by atoms with Crippen molar-refractivity contribution in [3.8, 4) is 17.6 Å². The summed E-state index contributed by atoms with van der Waals surface area (Å²) in [4.78, 5) is 4.14. The normalized spacial score (nSPS) is 18.9.